The third-order valence-corrected chi connectivity index (χ3v) is 4.96. The minimum atomic E-state index is -0.0231. The van der Waals surface area contributed by atoms with Crippen molar-refractivity contribution in [3.8, 4) is 11.3 Å². The first-order valence-corrected chi connectivity index (χ1v) is 9.57. The molecule has 0 aliphatic rings. The average Bonchev–Trinajstić information content (AvgIpc) is 3.10. The molecule has 3 aromatic rings. The molecule has 0 aliphatic carbocycles. The number of rotatable bonds is 6. The highest BCUT2D eigenvalue weighted by Crippen LogP contribution is 2.21. The third-order valence-electron chi connectivity index (χ3n) is 3.22. The van der Waals surface area contributed by atoms with Crippen molar-refractivity contribution < 1.29 is 4.79 Å². The molecule has 0 saturated heterocycles. The van der Waals surface area contributed by atoms with Gasteiger partial charge in [-0.3, -0.25) is 4.79 Å². The molecule has 0 aliphatic heterocycles. The lowest BCUT2D eigenvalue weighted by Crippen LogP contribution is -2.14. The molecular weight excluding hydrogens is 362 g/mol. The van der Waals surface area contributed by atoms with Crippen molar-refractivity contribution in [3.05, 3.63) is 64.5 Å². The van der Waals surface area contributed by atoms with Gasteiger partial charge in [0.25, 0.3) is 0 Å². The van der Waals surface area contributed by atoms with E-state index in [0.29, 0.717) is 10.8 Å². The molecule has 3 rings (SSSR count). The molecule has 24 heavy (non-hydrogen) atoms. The molecule has 0 unspecified atom stereocenters. The molecule has 0 saturated carbocycles. The average molecular weight is 376 g/mol. The first kappa shape index (κ1) is 17.0. The highest BCUT2D eigenvalue weighted by atomic mass is 35.5. The Kier molecular flexibility index (Phi) is 5.85. The van der Waals surface area contributed by atoms with Gasteiger partial charge in [-0.2, -0.15) is 0 Å². The van der Waals surface area contributed by atoms with Gasteiger partial charge in [0.1, 0.15) is 5.69 Å². The van der Waals surface area contributed by atoms with E-state index >= 15 is 0 Å². The lowest BCUT2D eigenvalue weighted by molar-refractivity contribution is -0.113. The van der Waals surface area contributed by atoms with Crippen LogP contribution in [0.3, 0.4) is 0 Å². The maximum Gasteiger partial charge on any atom is 0.234 e. The van der Waals surface area contributed by atoms with Crippen molar-refractivity contribution in [2.24, 2.45) is 0 Å². The van der Waals surface area contributed by atoms with Crippen LogP contribution in [0, 0.1) is 0 Å². The van der Waals surface area contributed by atoms with E-state index in [1.54, 1.807) is 11.8 Å². The molecule has 2 aromatic carbocycles. The normalized spacial score (nSPS) is 10.5. The van der Waals surface area contributed by atoms with Gasteiger partial charge >= 0.3 is 0 Å². The maximum atomic E-state index is 12.0. The van der Waals surface area contributed by atoms with Gasteiger partial charge in [-0.25, -0.2) is 0 Å². The van der Waals surface area contributed by atoms with E-state index in [1.807, 2.05) is 53.9 Å². The van der Waals surface area contributed by atoms with Gasteiger partial charge in [0.05, 0.1) is 5.75 Å². The Morgan fingerprint density at radius 3 is 2.75 bits per heavy atom. The van der Waals surface area contributed by atoms with E-state index < -0.39 is 0 Å². The summed E-state index contributed by atoms with van der Waals surface area (Å²) in [5.74, 6) is 1.12. The number of nitrogens with one attached hydrogen (secondary N) is 1. The number of thioether (sulfide) groups is 1. The molecule has 122 valence electrons. The van der Waals surface area contributed by atoms with Crippen molar-refractivity contribution >= 4 is 46.5 Å². The van der Waals surface area contributed by atoms with Crippen LogP contribution in [0.4, 0.5) is 5.69 Å². The Balaban J connectivity index is 1.48. The number of aromatic nitrogens is 2. The summed E-state index contributed by atoms with van der Waals surface area (Å²) >= 11 is 8.82. The fourth-order valence-electron chi connectivity index (χ4n) is 2.10. The lowest BCUT2D eigenvalue weighted by atomic mass is 10.1. The molecule has 1 N–H and O–H groups in total. The Labute approximate surface area is 153 Å². The Morgan fingerprint density at radius 1 is 1.21 bits per heavy atom. The summed E-state index contributed by atoms with van der Waals surface area (Å²) in [6, 6.07) is 15.3. The van der Waals surface area contributed by atoms with Gasteiger partial charge in [-0.05, 0) is 41.4 Å². The van der Waals surface area contributed by atoms with Crippen LogP contribution in [0.2, 0.25) is 5.02 Å². The topological polar surface area (TPSA) is 54.9 Å². The standard InChI is InChI=1S/C17H14ClN3OS2/c18-14-3-1-2-12(8-14)9-23-11-17(22)19-15-6-4-13(5-7-15)16-10-24-21-20-16/h1-8,10H,9,11H2,(H,19,22). The molecule has 1 heterocycles. The summed E-state index contributed by atoms with van der Waals surface area (Å²) < 4.78 is 3.84. The van der Waals surface area contributed by atoms with Crippen LogP contribution in [0.25, 0.3) is 11.3 Å². The van der Waals surface area contributed by atoms with Gasteiger partial charge in [0.2, 0.25) is 5.91 Å². The molecule has 0 atom stereocenters. The smallest absolute Gasteiger partial charge is 0.234 e. The molecule has 0 spiro atoms. The first-order valence-electron chi connectivity index (χ1n) is 7.20. The zero-order valence-electron chi connectivity index (χ0n) is 12.6. The number of hydrogen-bond acceptors (Lipinski definition) is 5. The molecule has 7 heteroatoms. The van der Waals surface area contributed by atoms with Gasteiger partial charge < -0.3 is 5.32 Å². The molecule has 0 fully saturated rings. The first-order chi connectivity index (χ1) is 11.7. The predicted molar refractivity (Wildman–Crippen MR) is 102 cm³/mol. The number of halogens is 1. The molecule has 0 radical (unpaired) electrons. The largest absolute Gasteiger partial charge is 0.325 e. The van der Waals surface area contributed by atoms with Crippen LogP contribution in [0.15, 0.2) is 53.9 Å². The maximum absolute atomic E-state index is 12.0. The number of amides is 1. The van der Waals surface area contributed by atoms with Crippen molar-refractivity contribution in [3.63, 3.8) is 0 Å². The molecular formula is C17H14ClN3OS2. The second kappa shape index (κ2) is 8.28. The predicted octanol–water partition coefficient (Wildman–Crippen LogP) is 4.73. The van der Waals surface area contributed by atoms with E-state index in [4.69, 9.17) is 11.6 Å². The summed E-state index contributed by atoms with van der Waals surface area (Å²) in [4.78, 5) is 12.0. The van der Waals surface area contributed by atoms with E-state index in [2.05, 4.69) is 14.9 Å². The summed E-state index contributed by atoms with van der Waals surface area (Å²) in [7, 11) is 0. The second-order valence-corrected chi connectivity index (χ2v) is 7.07. The van der Waals surface area contributed by atoms with Crippen LogP contribution < -0.4 is 5.32 Å². The highest BCUT2D eigenvalue weighted by Gasteiger charge is 2.05. The van der Waals surface area contributed by atoms with E-state index in [1.165, 1.54) is 11.5 Å². The molecule has 0 bridgehead atoms. The van der Waals surface area contributed by atoms with E-state index in [-0.39, 0.29) is 5.91 Å². The number of benzene rings is 2. The lowest BCUT2D eigenvalue weighted by Gasteiger charge is -2.06. The molecule has 4 nitrogen and oxygen atoms in total. The van der Waals surface area contributed by atoms with Crippen LogP contribution in [-0.2, 0) is 10.5 Å². The van der Waals surface area contributed by atoms with Crippen LogP contribution in [0.1, 0.15) is 5.56 Å². The van der Waals surface area contributed by atoms with Crippen molar-refractivity contribution in [2.75, 3.05) is 11.1 Å². The number of nitrogens with zero attached hydrogens (tertiary/aromatic N) is 2. The molecule has 1 aromatic heterocycles. The quantitative estimate of drug-likeness (QED) is 0.676. The van der Waals surface area contributed by atoms with E-state index in [0.717, 1.165) is 28.3 Å². The fraction of sp³-hybridized carbons (Fsp3) is 0.118. The number of carbonyl (C=O) groups is 1. The zero-order chi connectivity index (χ0) is 16.8. The van der Waals surface area contributed by atoms with E-state index in [9.17, 15) is 4.79 Å². The number of anilines is 1. The van der Waals surface area contributed by atoms with Gasteiger partial charge in [-0.15, -0.1) is 16.9 Å². The number of hydrogen-bond donors (Lipinski definition) is 1. The Morgan fingerprint density at radius 2 is 2.04 bits per heavy atom. The fourth-order valence-corrected chi connectivity index (χ4v) is 3.55. The van der Waals surface area contributed by atoms with Gasteiger partial charge in [0.15, 0.2) is 0 Å². The van der Waals surface area contributed by atoms with Crippen LogP contribution in [0.5, 0.6) is 0 Å². The summed E-state index contributed by atoms with van der Waals surface area (Å²) in [6.07, 6.45) is 0. The second-order valence-electron chi connectivity index (χ2n) is 5.04. The monoisotopic (exact) mass is 375 g/mol. The number of carbonyl (C=O) groups excluding carboxylic acids is 1. The van der Waals surface area contributed by atoms with Gasteiger partial charge in [-0.1, -0.05) is 40.4 Å². The highest BCUT2D eigenvalue weighted by molar-refractivity contribution is 7.99. The minimum absolute atomic E-state index is 0.0231. The summed E-state index contributed by atoms with van der Waals surface area (Å²) in [6.45, 7) is 0. The zero-order valence-corrected chi connectivity index (χ0v) is 15.0. The van der Waals surface area contributed by atoms with Gasteiger partial charge in [0, 0.05) is 27.4 Å². The summed E-state index contributed by atoms with van der Waals surface area (Å²) in [5.41, 5.74) is 3.71. The summed E-state index contributed by atoms with van der Waals surface area (Å²) in [5, 5.41) is 9.52. The Hall–Kier alpha value is -1.89. The Bertz CT molecular complexity index is 807. The SMILES string of the molecule is O=C(CSCc1cccc(Cl)c1)Nc1ccc(-c2csnn2)cc1. The minimum Gasteiger partial charge on any atom is -0.325 e. The van der Waals surface area contributed by atoms with Crippen LogP contribution in [-0.4, -0.2) is 21.2 Å². The molecule has 1 amide bonds. The van der Waals surface area contributed by atoms with Crippen molar-refractivity contribution in [2.45, 2.75) is 5.75 Å². The third kappa shape index (κ3) is 4.80. The van der Waals surface area contributed by atoms with Crippen molar-refractivity contribution in [1.82, 2.24) is 9.59 Å². The van der Waals surface area contributed by atoms with Crippen molar-refractivity contribution in [1.29, 1.82) is 0 Å². The van der Waals surface area contributed by atoms with Crippen LogP contribution >= 0.6 is 34.9 Å².